The van der Waals surface area contributed by atoms with E-state index < -0.39 is 6.10 Å². The van der Waals surface area contributed by atoms with Gasteiger partial charge in [0, 0.05) is 6.04 Å². The van der Waals surface area contributed by atoms with E-state index in [9.17, 15) is 9.59 Å². The van der Waals surface area contributed by atoms with Crippen LogP contribution in [0.1, 0.15) is 23.2 Å². The van der Waals surface area contributed by atoms with Crippen molar-refractivity contribution in [1.29, 1.82) is 0 Å². The van der Waals surface area contributed by atoms with Gasteiger partial charge in [0.1, 0.15) is 6.61 Å². The summed E-state index contributed by atoms with van der Waals surface area (Å²) < 4.78 is 11.3. The van der Waals surface area contributed by atoms with Crippen LogP contribution in [0.3, 0.4) is 0 Å². The quantitative estimate of drug-likeness (QED) is 0.897. The largest absolute Gasteiger partial charge is 0.485 e. The molecule has 0 saturated heterocycles. The molecule has 1 unspecified atom stereocenters. The van der Waals surface area contributed by atoms with Crippen molar-refractivity contribution < 1.29 is 19.1 Å². The fourth-order valence-corrected chi connectivity index (χ4v) is 2.64. The summed E-state index contributed by atoms with van der Waals surface area (Å²) in [6.45, 7) is 0.124. The summed E-state index contributed by atoms with van der Waals surface area (Å²) in [4.78, 5) is 24.9. The smallest absolute Gasteiger partial charge is 0.269 e. The van der Waals surface area contributed by atoms with Crippen LogP contribution in [0.4, 0.5) is 5.69 Å². The molecule has 25 heavy (non-hydrogen) atoms. The zero-order chi connectivity index (χ0) is 17.2. The molecule has 1 aliphatic carbocycles. The Bertz CT molecular complexity index is 817. The predicted octanol–water partition coefficient (Wildman–Crippen LogP) is 2.36. The van der Waals surface area contributed by atoms with Gasteiger partial charge in [-0.2, -0.15) is 0 Å². The summed E-state index contributed by atoms with van der Waals surface area (Å²) in [6.07, 6.45) is 1.24. The van der Waals surface area contributed by atoms with Gasteiger partial charge in [0.2, 0.25) is 6.10 Å². The highest BCUT2D eigenvalue weighted by molar-refractivity contribution is 6.05. The van der Waals surface area contributed by atoms with Crippen molar-refractivity contribution >= 4 is 17.5 Å². The van der Waals surface area contributed by atoms with Crippen LogP contribution in [0.2, 0.25) is 0 Å². The molecule has 2 amide bonds. The summed E-state index contributed by atoms with van der Waals surface area (Å²) in [7, 11) is 0. The van der Waals surface area contributed by atoms with Gasteiger partial charge >= 0.3 is 0 Å². The number of hydrogen-bond donors (Lipinski definition) is 2. The zero-order valence-corrected chi connectivity index (χ0v) is 13.5. The Morgan fingerprint density at radius 1 is 0.960 bits per heavy atom. The second-order valence-electron chi connectivity index (χ2n) is 6.15. The van der Waals surface area contributed by atoms with Gasteiger partial charge < -0.3 is 20.1 Å². The molecule has 0 radical (unpaired) electrons. The molecule has 6 nitrogen and oxygen atoms in total. The Labute approximate surface area is 145 Å². The van der Waals surface area contributed by atoms with E-state index in [0.717, 1.165) is 12.8 Å². The average molecular weight is 338 g/mol. The maximum absolute atomic E-state index is 12.5. The molecule has 2 N–H and O–H groups in total. The van der Waals surface area contributed by atoms with Crippen molar-refractivity contribution in [3.8, 4) is 11.5 Å². The molecule has 6 heteroatoms. The predicted molar refractivity (Wildman–Crippen MR) is 91.9 cm³/mol. The molecule has 4 rings (SSSR count). The SMILES string of the molecule is O=C(NC1CC1)c1ccccc1NC(=O)C1COc2ccccc2O1. The number of rotatable bonds is 4. The molecule has 1 atom stereocenters. The Balaban J connectivity index is 1.47. The van der Waals surface area contributed by atoms with Gasteiger partial charge in [-0.15, -0.1) is 0 Å². The molecule has 1 heterocycles. The van der Waals surface area contributed by atoms with Gasteiger partial charge in [-0.3, -0.25) is 9.59 Å². The minimum atomic E-state index is -0.769. The summed E-state index contributed by atoms with van der Waals surface area (Å²) in [6, 6.07) is 14.4. The summed E-state index contributed by atoms with van der Waals surface area (Å²) in [5.74, 6) is 0.634. The number of nitrogens with one attached hydrogen (secondary N) is 2. The molecular weight excluding hydrogens is 320 g/mol. The molecule has 0 spiro atoms. The van der Waals surface area contributed by atoms with Crippen LogP contribution in [0, 0.1) is 0 Å². The Kier molecular flexibility index (Phi) is 4.01. The lowest BCUT2D eigenvalue weighted by molar-refractivity contribution is -0.125. The molecule has 0 aromatic heterocycles. The van der Waals surface area contributed by atoms with Gasteiger partial charge in [0.25, 0.3) is 11.8 Å². The van der Waals surface area contributed by atoms with Crippen molar-refractivity contribution in [2.24, 2.45) is 0 Å². The highest BCUT2D eigenvalue weighted by Crippen LogP contribution is 2.31. The van der Waals surface area contributed by atoms with E-state index in [1.54, 1.807) is 36.4 Å². The normalized spacial score (nSPS) is 18.3. The third kappa shape index (κ3) is 3.42. The van der Waals surface area contributed by atoms with Gasteiger partial charge in [-0.1, -0.05) is 24.3 Å². The lowest BCUT2D eigenvalue weighted by Crippen LogP contribution is -2.40. The van der Waals surface area contributed by atoms with Crippen LogP contribution in [0.5, 0.6) is 11.5 Å². The van der Waals surface area contributed by atoms with Crippen LogP contribution >= 0.6 is 0 Å². The maximum atomic E-state index is 12.5. The van der Waals surface area contributed by atoms with Crippen LogP contribution in [0.25, 0.3) is 0 Å². The molecule has 1 fully saturated rings. The Morgan fingerprint density at radius 2 is 1.68 bits per heavy atom. The Morgan fingerprint density at radius 3 is 2.48 bits per heavy atom. The van der Waals surface area contributed by atoms with Crippen LogP contribution < -0.4 is 20.1 Å². The van der Waals surface area contributed by atoms with E-state index in [1.165, 1.54) is 0 Å². The monoisotopic (exact) mass is 338 g/mol. The second-order valence-corrected chi connectivity index (χ2v) is 6.15. The molecular formula is C19H18N2O4. The number of benzene rings is 2. The number of anilines is 1. The number of carbonyl (C=O) groups is 2. The van der Waals surface area contributed by atoms with Crippen molar-refractivity contribution in [2.75, 3.05) is 11.9 Å². The number of amides is 2. The van der Waals surface area contributed by atoms with Gasteiger partial charge in [0.05, 0.1) is 11.3 Å². The zero-order valence-electron chi connectivity index (χ0n) is 13.5. The van der Waals surface area contributed by atoms with Crippen molar-refractivity contribution in [1.82, 2.24) is 5.32 Å². The van der Waals surface area contributed by atoms with E-state index >= 15 is 0 Å². The number of carbonyl (C=O) groups excluding carboxylic acids is 2. The van der Waals surface area contributed by atoms with E-state index in [4.69, 9.17) is 9.47 Å². The van der Waals surface area contributed by atoms with E-state index in [0.29, 0.717) is 22.7 Å². The summed E-state index contributed by atoms with van der Waals surface area (Å²) in [5, 5.41) is 5.71. The number of para-hydroxylation sites is 3. The molecule has 1 aliphatic heterocycles. The minimum Gasteiger partial charge on any atom is -0.485 e. The first kappa shape index (κ1) is 15.5. The first-order valence-corrected chi connectivity index (χ1v) is 8.30. The second kappa shape index (κ2) is 6.47. The molecule has 2 aromatic rings. The fourth-order valence-electron chi connectivity index (χ4n) is 2.64. The lowest BCUT2D eigenvalue weighted by Gasteiger charge is -2.25. The van der Waals surface area contributed by atoms with Gasteiger partial charge in [-0.25, -0.2) is 0 Å². The average Bonchev–Trinajstić information content (AvgIpc) is 3.45. The topological polar surface area (TPSA) is 76.7 Å². The van der Waals surface area contributed by atoms with Crippen molar-refractivity contribution in [2.45, 2.75) is 25.0 Å². The third-order valence-electron chi connectivity index (χ3n) is 4.14. The molecule has 0 bridgehead atoms. The van der Waals surface area contributed by atoms with Crippen molar-refractivity contribution in [3.63, 3.8) is 0 Å². The summed E-state index contributed by atoms with van der Waals surface area (Å²) >= 11 is 0. The maximum Gasteiger partial charge on any atom is 0.269 e. The highest BCUT2D eigenvalue weighted by atomic mass is 16.6. The highest BCUT2D eigenvalue weighted by Gasteiger charge is 2.29. The molecule has 2 aromatic carbocycles. The van der Waals surface area contributed by atoms with Crippen molar-refractivity contribution in [3.05, 3.63) is 54.1 Å². The molecule has 2 aliphatic rings. The van der Waals surface area contributed by atoms with Gasteiger partial charge in [-0.05, 0) is 37.1 Å². The van der Waals surface area contributed by atoms with E-state index in [2.05, 4.69) is 10.6 Å². The molecule has 128 valence electrons. The Hall–Kier alpha value is -3.02. The van der Waals surface area contributed by atoms with E-state index in [-0.39, 0.29) is 24.5 Å². The minimum absolute atomic E-state index is 0.124. The van der Waals surface area contributed by atoms with E-state index in [1.807, 2.05) is 12.1 Å². The standard InChI is InChI=1S/C19H18N2O4/c22-18(20-12-9-10-12)13-5-1-2-6-14(13)21-19(23)17-11-24-15-7-3-4-8-16(15)25-17/h1-8,12,17H,9-11H2,(H,20,22)(H,21,23). The fraction of sp³-hybridized carbons (Fsp3) is 0.263. The lowest BCUT2D eigenvalue weighted by atomic mass is 10.1. The first-order valence-electron chi connectivity index (χ1n) is 8.30. The van der Waals surface area contributed by atoms with Crippen LogP contribution in [-0.4, -0.2) is 30.6 Å². The molecule has 1 saturated carbocycles. The third-order valence-corrected chi connectivity index (χ3v) is 4.14. The van der Waals surface area contributed by atoms with Gasteiger partial charge in [0.15, 0.2) is 11.5 Å². The van der Waals surface area contributed by atoms with Crippen LogP contribution in [0.15, 0.2) is 48.5 Å². The number of hydrogen-bond acceptors (Lipinski definition) is 4. The summed E-state index contributed by atoms with van der Waals surface area (Å²) in [5.41, 5.74) is 0.910. The number of ether oxygens (including phenoxy) is 2. The first-order chi connectivity index (χ1) is 12.2. The van der Waals surface area contributed by atoms with Crippen LogP contribution in [-0.2, 0) is 4.79 Å². The number of fused-ring (bicyclic) bond motifs is 1.